The molecule has 0 bridgehead atoms. The number of pyridine rings is 1. The molecular formula is C24H27F3N4O. The van der Waals surface area contributed by atoms with Crippen molar-refractivity contribution in [3.05, 3.63) is 83.7 Å². The first-order chi connectivity index (χ1) is 15.2. The average molecular weight is 445 g/mol. The molecule has 8 heteroatoms. The minimum atomic E-state index is -2.83. The van der Waals surface area contributed by atoms with Gasteiger partial charge in [-0.25, -0.2) is 18.2 Å². The molecule has 2 rings (SSSR count). The van der Waals surface area contributed by atoms with Crippen LogP contribution < -0.4 is 5.73 Å². The largest absolute Gasteiger partial charge is 0.456 e. The highest BCUT2D eigenvalue weighted by molar-refractivity contribution is 5.64. The van der Waals surface area contributed by atoms with Crippen molar-refractivity contribution in [2.45, 2.75) is 40.2 Å². The highest BCUT2D eigenvalue weighted by atomic mass is 19.3. The predicted octanol–water partition coefficient (Wildman–Crippen LogP) is 6.39. The van der Waals surface area contributed by atoms with Crippen LogP contribution in [0.2, 0.25) is 0 Å². The Morgan fingerprint density at radius 1 is 1.22 bits per heavy atom. The van der Waals surface area contributed by atoms with Gasteiger partial charge in [-0.2, -0.15) is 5.10 Å². The number of allylic oxidation sites excluding steroid dienone is 3. The molecule has 1 aromatic heterocycles. The molecular weight excluding hydrogens is 417 g/mol. The van der Waals surface area contributed by atoms with Crippen LogP contribution in [0.4, 0.5) is 19.0 Å². The zero-order valence-electron chi connectivity index (χ0n) is 18.5. The Balaban J connectivity index is 2.32. The molecule has 32 heavy (non-hydrogen) atoms. The van der Waals surface area contributed by atoms with Crippen LogP contribution >= 0.6 is 0 Å². The van der Waals surface area contributed by atoms with Crippen molar-refractivity contribution in [1.82, 2.24) is 9.99 Å². The molecule has 1 aromatic carbocycles. The molecule has 0 spiro atoms. The number of halogens is 3. The summed E-state index contributed by atoms with van der Waals surface area (Å²) in [5.41, 5.74) is 8.06. The van der Waals surface area contributed by atoms with Gasteiger partial charge in [-0.1, -0.05) is 18.7 Å². The van der Waals surface area contributed by atoms with Gasteiger partial charge < -0.3 is 10.5 Å². The van der Waals surface area contributed by atoms with Crippen LogP contribution in [-0.4, -0.2) is 22.6 Å². The molecule has 1 unspecified atom stereocenters. The van der Waals surface area contributed by atoms with E-state index in [2.05, 4.69) is 16.7 Å². The van der Waals surface area contributed by atoms with Crippen LogP contribution in [0.1, 0.15) is 50.4 Å². The maximum Gasteiger partial charge on any atom is 0.294 e. The maximum absolute atomic E-state index is 15.0. The first kappa shape index (κ1) is 24.7. The summed E-state index contributed by atoms with van der Waals surface area (Å²) in [6.45, 7) is 10.3. The van der Waals surface area contributed by atoms with Crippen LogP contribution in [0.15, 0.2) is 66.2 Å². The summed E-state index contributed by atoms with van der Waals surface area (Å²) >= 11 is 0. The Hall–Kier alpha value is -3.55. The van der Waals surface area contributed by atoms with Gasteiger partial charge in [0.25, 0.3) is 6.43 Å². The second kappa shape index (κ2) is 11.2. The molecule has 0 amide bonds. The lowest BCUT2D eigenvalue weighted by Crippen LogP contribution is -2.17. The number of hydrazone groups is 1. The first-order valence-electron chi connectivity index (χ1n) is 9.96. The van der Waals surface area contributed by atoms with Crippen LogP contribution in [0, 0.1) is 5.82 Å². The number of ether oxygens (including phenoxy) is 1. The summed E-state index contributed by atoms with van der Waals surface area (Å²) in [4.78, 5) is 4.09. The van der Waals surface area contributed by atoms with E-state index in [0.717, 1.165) is 11.1 Å². The number of benzene rings is 1. The number of alkyl halides is 2. The number of hydrogen-bond acceptors (Lipinski definition) is 5. The van der Waals surface area contributed by atoms with Gasteiger partial charge in [0.2, 0.25) is 0 Å². The summed E-state index contributed by atoms with van der Waals surface area (Å²) in [6, 6.07) is 7.52. The number of nitrogens with two attached hydrogens (primary N) is 1. The second-order valence-corrected chi connectivity index (χ2v) is 6.97. The lowest BCUT2D eigenvalue weighted by Gasteiger charge is -2.25. The monoisotopic (exact) mass is 444 g/mol. The molecule has 170 valence electrons. The molecule has 0 radical (unpaired) electrons. The molecule has 0 aliphatic rings. The van der Waals surface area contributed by atoms with E-state index in [1.807, 2.05) is 19.9 Å². The summed E-state index contributed by atoms with van der Waals surface area (Å²) in [5.74, 6) is -0.695. The Morgan fingerprint density at radius 2 is 1.91 bits per heavy atom. The van der Waals surface area contributed by atoms with E-state index in [4.69, 9.17) is 10.5 Å². The normalized spacial score (nSPS) is 13.5. The van der Waals surface area contributed by atoms with E-state index < -0.39 is 24.0 Å². The van der Waals surface area contributed by atoms with Crippen molar-refractivity contribution in [1.29, 1.82) is 0 Å². The number of aromatic nitrogens is 1. The molecule has 5 nitrogen and oxygen atoms in total. The van der Waals surface area contributed by atoms with Gasteiger partial charge in [0.15, 0.2) is 5.76 Å². The maximum atomic E-state index is 15.0. The molecule has 1 heterocycles. The first-order valence-corrected chi connectivity index (χ1v) is 9.96. The van der Waals surface area contributed by atoms with Gasteiger partial charge in [-0.15, -0.1) is 0 Å². The number of nitrogens with zero attached hydrogens (tertiary/aromatic N) is 3. The Kier molecular flexibility index (Phi) is 8.63. The van der Waals surface area contributed by atoms with Crippen molar-refractivity contribution >= 4 is 23.4 Å². The third kappa shape index (κ3) is 6.23. The minimum absolute atomic E-state index is 0.100. The third-order valence-corrected chi connectivity index (χ3v) is 4.69. The number of rotatable bonds is 9. The van der Waals surface area contributed by atoms with Gasteiger partial charge in [0.1, 0.15) is 17.4 Å². The molecule has 0 saturated carbocycles. The quantitative estimate of drug-likeness (QED) is 0.277. The van der Waals surface area contributed by atoms with Crippen molar-refractivity contribution in [3.63, 3.8) is 0 Å². The van der Waals surface area contributed by atoms with Crippen LogP contribution in [0.25, 0.3) is 11.3 Å². The van der Waals surface area contributed by atoms with Crippen molar-refractivity contribution in [2.75, 3.05) is 5.73 Å². The van der Waals surface area contributed by atoms with Crippen molar-refractivity contribution in [2.24, 2.45) is 5.10 Å². The SMILES string of the molecule is C=C(OC(=CC)c1ccc(C(C)N(/C=C(\C)c2ccc(N)nc2)/N=C/C)c(F)c1)C(F)F. The second-order valence-electron chi connectivity index (χ2n) is 6.97. The molecule has 0 saturated heterocycles. The topological polar surface area (TPSA) is 63.7 Å². The molecule has 1 atom stereocenters. The number of hydrogen-bond donors (Lipinski definition) is 1. The highest BCUT2D eigenvalue weighted by Crippen LogP contribution is 2.29. The summed E-state index contributed by atoms with van der Waals surface area (Å²) in [6.07, 6.45) is 3.70. The van der Waals surface area contributed by atoms with Gasteiger partial charge >= 0.3 is 0 Å². The van der Waals surface area contributed by atoms with E-state index >= 15 is 4.39 Å². The molecule has 0 aliphatic heterocycles. The molecule has 0 aliphatic carbocycles. The summed E-state index contributed by atoms with van der Waals surface area (Å²) < 4.78 is 45.6. The van der Waals surface area contributed by atoms with Crippen LogP contribution in [-0.2, 0) is 4.74 Å². The zero-order valence-corrected chi connectivity index (χ0v) is 18.5. The lowest BCUT2D eigenvalue weighted by atomic mass is 10.0. The van der Waals surface area contributed by atoms with Crippen LogP contribution in [0.5, 0.6) is 0 Å². The van der Waals surface area contributed by atoms with E-state index in [-0.39, 0.29) is 5.76 Å². The predicted molar refractivity (Wildman–Crippen MR) is 123 cm³/mol. The molecule has 0 fully saturated rings. The fourth-order valence-electron chi connectivity index (χ4n) is 2.92. The molecule has 2 N–H and O–H groups in total. The fraction of sp³-hybridized carbons (Fsp3) is 0.250. The Labute approximate surface area is 186 Å². The van der Waals surface area contributed by atoms with Crippen molar-refractivity contribution < 1.29 is 17.9 Å². The number of nitrogen functional groups attached to an aromatic ring is 1. The third-order valence-electron chi connectivity index (χ3n) is 4.69. The van der Waals surface area contributed by atoms with Gasteiger partial charge in [0, 0.05) is 29.7 Å². The minimum Gasteiger partial charge on any atom is -0.456 e. The summed E-state index contributed by atoms with van der Waals surface area (Å²) in [7, 11) is 0. The summed E-state index contributed by atoms with van der Waals surface area (Å²) in [5, 5.41) is 5.98. The van der Waals surface area contributed by atoms with E-state index in [0.29, 0.717) is 16.9 Å². The average Bonchev–Trinajstić information content (AvgIpc) is 2.76. The standard InChI is InChI=1S/C24H27F3N4O/c1-6-22(32-17(5)24(26)27)18-8-10-20(21(25)12-18)16(4)31(30-7-2)14-15(3)19-9-11-23(28)29-13-19/h6-14,16,24H,5H2,1-4H3,(H2,28,29)/b15-14+,22-6?,30-7+. The number of anilines is 1. The fourth-order valence-corrected chi connectivity index (χ4v) is 2.92. The zero-order chi connectivity index (χ0) is 23.8. The smallest absolute Gasteiger partial charge is 0.294 e. The van der Waals surface area contributed by atoms with E-state index in [1.54, 1.807) is 55.7 Å². The van der Waals surface area contributed by atoms with Gasteiger partial charge in [0.05, 0.1) is 6.04 Å². The van der Waals surface area contributed by atoms with Gasteiger partial charge in [-0.05, 0) is 63.1 Å². The highest BCUT2D eigenvalue weighted by Gasteiger charge is 2.19. The molecule has 2 aromatic rings. The Morgan fingerprint density at radius 3 is 2.44 bits per heavy atom. The van der Waals surface area contributed by atoms with Crippen LogP contribution in [0.3, 0.4) is 0 Å². The van der Waals surface area contributed by atoms with Crippen molar-refractivity contribution in [3.8, 4) is 0 Å². The Bertz CT molecular complexity index is 1030. The lowest BCUT2D eigenvalue weighted by molar-refractivity contribution is 0.129. The van der Waals surface area contributed by atoms with Gasteiger partial charge in [-0.3, -0.25) is 5.01 Å². The van der Waals surface area contributed by atoms with E-state index in [9.17, 15) is 8.78 Å². The van der Waals surface area contributed by atoms with E-state index in [1.165, 1.54) is 12.1 Å².